The van der Waals surface area contributed by atoms with Gasteiger partial charge in [0, 0.05) is 5.02 Å². The SMILES string of the molecule is CC(C)Oc1ccc(N=c2[nH]c(=O)n(CC3COC(C)(C)O3)c(=O)n2Cc2ccc(Cl)cc2)cc1Cl. The lowest BCUT2D eigenvalue weighted by Gasteiger charge is -2.18. The Morgan fingerprint density at radius 3 is 2.47 bits per heavy atom. The third-order valence-corrected chi connectivity index (χ3v) is 5.95. The summed E-state index contributed by atoms with van der Waals surface area (Å²) >= 11 is 12.4. The highest BCUT2D eigenvalue weighted by molar-refractivity contribution is 6.32. The molecule has 1 saturated heterocycles. The number of benzene rings is 2. The highest BCUT2D eigenvalue weighted by atomic mass is 35.5. The summed E-state index contributed by atoms with van der Waals surface area (Å²) in [5.74, 6) is -0.259. The third-order valence-electron chi connectivity index (χ3n) is 5.40. The van der Waals surface area contributed by atoms with Crippen LogP contribution >= 0.6 is 23.2 Å². The second kappa shape index (κ2) is 10.6. The number of H-pyrrole nitrogens is 1. The number of aromatic amines is 1. The normalized spacial score (nSPS) is 17.6. The molecule has 1 aliphatic rings. The first kappa shape index (κ1) is 26.2. The molecular formula is C25H28Cl2N4O5. The van der Waals surface area contributed by atoms with Gasteiger partial charge >= 0.3 is 11.4 Å². The Balaban J connectivity index is 1.79. The van der Waals surface area contributed by atoms with Gasteiger partial charge in [0.2, 0.25) is 5.62 Å². The Kier molecular flexibility index (Phi) is 7.75. The van der Waals surface area contributed by atoms with Gasteiger partial charge in [0.05, 0.1) is 36.5 Å². The van der Waals surface area contributed by atoms with E-state index in [1.165, 1.54) is 4.57 Å². The van der Waals surface area contributed by atoms with E-state index in [4.69, 9.17) is 37.4 Å². The standard InChI is InChI=1S/C25H28Cl2N4O5/c1-15(2)35-21-10-9-18(11-20(21)27)28-22-29-23(32)31(13-19-14-34-25(3,4)36-19)24(33)30(22)12-16-5-7-17(26)8-6-16/h5-11,15,19H,12-14H2,1-4H3,(H,28,29,32). The van der Waals surface area contributed by atoms with Crippen molar-refractivity contribution in [3.05, 3.63) is 84.7 Å². The summed E-state index contributed by atoms with van der Waals surface area (Å²) in [4.78, 5) is 33.8. The monoisotopic (exact) mass is 534 g/mol. The number of hydrogen-bond acceptors (Lipinski definition) is 6. The molecular weight excluding hydrogens is 507 g/mol. The molecule has 0 spiro atoms. The van der Waals surface area contributed by atoms with Gasteiger partial charge in [0.25, 0.3) is 0 Å². The smallest absolute Gasteiger partial charge is 0.335 e. The van der Waals surface area contributed by atoms with Crippen molar-refractivity contribution in [3.63, 3.8) is 0 Å². The van der Waals surface area contributed by atoms with Crippen molar-refractivity contribution in [1.29, 1.82) is 0 Å². The zero-order chi connectivity index (χ0) is 26.0. The van der Waals surface area contributed by atoms with E-state index in [2.05, 4.69) is 9.98 Å². The topological polar surface area (TPSA) is 99.8 Å². The Bertz CT molecular complexity index is 1420. The van der Waals surface area contributed by atoms with Crippen LogP contribution in [-0.2, 0) is 22.6 Å². The average Bonchev–Trinajstić information content (AvgIpc) is 3.15. The van der Waals surface area contributed by atoms with Gasteiger partial charge < -0.3 is 14.2 Å². The molecule has 2 aromatic carbocycles. The van der Waals surface area contributed by atoms with Crippen molar-refractivity contribution in [2.45, 2.75) is 58.8 Å². The fourth-order valence-corrected chi connectivity index (χ4v) is 4.15. The van der Waals surface area contributed by atoms with Crippen LogP contribution in [0.4, 0.5) is 5.69 Å². The van der Waals surface area contributed by atoms with E-state index in [-0.39, 0.29) is 31.4 Å². The summed E-state index contributed by atoms with van der Waals surface area (Å²) in [7, 11) is 0. The Labute approximate surface area is 217 Å². The fourth-order valence-electron chi connectivity index (χ4n) is 3.81. The van der Waals surface area contributed by atoms with E-state index in [0.29, 0.717) is 21.5 Å². The van der Waals surface area contributed by atoms with Crippen LogP contribution < -0.4 is 21.7 Å². The van der Waals surface area contributed by atoms with Crippen molar-refractivity contribution in [2.75, 3.05) is 6.61 Å². The number of nitrogens with one attached hydrogen (secondary N) is 1. The second-order valence-corrected chi connectivity index (χ2v) is 10.0. The lowest BCUT2D eigenvalue weighted by molar-refractivity contribution is -0.139. The molecule has 9 nitrogen and oxygen atoms in total. The number of hydrogen-bond donors (Lipinski definition) is 1. The summed E-state index contributed by atoms with van der Waals surface area (Å²) in [6.45, 7) is 7.82. The van der Waals surface area contributed by atoms with Gasteiger partial charge in [-0.3, -0.25) is 9.55 Å². The van der Waals surface area contributed by atoms with Gasteiger partial charge in [0.15, 0.2) is 5.79 Å². The largest absolute Gasteiger partial charge is 0.489 e. The average molecular weight is 535 g/mol. The minimum atomic E-state index is -0.777. The van der Waals surface area contributed by atoms with Crippen LogP contribution in [-0.4, -0.2) is 38.7 Å². The lowest BCUT2D eigenvalue weighted by atomic mass is 10.2. The van der Waals surface area contributed by atoms with E-state index < -0.39 is 23.3 Å². The zero-order valence-electron chi connectivity index (χ0n) is 20.5. The Hall–Kier alpha value is -2.85. The molecule has 1 fully saturated rings. The molecule has 1 atom stereocenters. The van der Waals surface area contributed by atoms with E-state index in [1.807, 2.05) is 13.8 Å². The maximum absolute atomic E-state index is 13.5. The first-order valence-electron chi connectivity index (χ1n) is 11.5. The van der Waals surface area contributed by atoms with Gasteiger partial charge in [-0.25, -0.2) is 19.1 Å². The molecule has 192 valence electrons. The zero-order valence-corrected chi connectivity index (χ0v) is 22.0. The molecule has 0 amide bonds. The van der Waals surface area contributed by atoms with Crippen LogP contribution in [0.15, 0.2) is 57.0 Å². The molecule has 3 aromatic rings. The summed E-state index contributed by atoms with van der Waals surface area (Å²) in [5.41, 5.74) is 0.186. The maximum atomic E-state index is 13.5. The fraction of sp³-hybridized carbons (Fsp3) is 0.400. The first-order chi connectivity index (χ1) is 17.0. The summed E-state index contributed by atoms with van der Waals surface area (Å²) in [6, 6.07) is 12.1. The van der Waals surface area contributed by atoms with Crippen molar-refractivity contribution in [2.24, 2.45) is 4.99 Å². The van der Waals surface area contributed by atoms with Crippen LogP contribution in [0, 0.1) is 0 Å². The van der Waals surface area contributed by atoms with Gasteiger partial charge in [0.1, 0.15) is 11.9 Å². The molecule has 1 N–H and O–H groups in total. The molecule has 4 rings (SSSR count). The van der Waals surface area contributed by atoms with Crippen LogP contribution in [0.2, 0.25) is 10.0 Å². The van der Waals surface area contributed by atoms with Crippen LogP contribution in [0.5, 0.6) is 5.75 Å². The summed E-state index contributed by atoms with van der Waals surface area (Å²) in [5, 5.41) is 0.942. The molecule has 0 saturated carbocycles. The van der Waals surface area contributed by atoms with E-state index in [0.717, 1.165) is 10.1 Å². The van der Waals surface area contributed by atoms with Crippen LogP contribution in [0.3, 0.4) is 0 Å². The first-order valence-corrected chi connectivity index (χ1v) is 12.3. The predicted octanol–water partition coefficient (Wildman–Crippen LogP) is 3.86. The number of aromatic nitrogens is 3. The van der Waals surface area contributed by atoms with Crippen LogP contribution in [0.25, 0.3) is 0 Å². The van der Waals surface area contributed by atoms with Gasteiger partial charge in [-0.05, 0) is 63.6 Å². The highest BCUT2D eigenvalue weighted by Gasteiger charge is 2.33. The van der Waals surface area contributed by atoms with Crippen molar-refractivity contribution >= 4 is 28.9 Å². The molecule has 0 bridgehead atoms. The maximum Gasteiger partial charge on any atom is 0.335 e. The molecule has 0 radical (unpaired) electrons. The van der Waals surface area contributed by atoms with E-state index in [9.17, 15) is 9.59 Å². The lowest BCUT2D eigenvalue weighted by Crippen LogP contribution is -2.51. The van der Waals surface area contributed by atoms with E-state index in [1.54, 1.807) is 56.3 Å². The van der Waals surface area contributed by atoms with Crippen molar-refractivity contribution in [1.82, 2.24) is 14.1 Å². The predicted molar refractivity (Wildman–Crippen MR) is 137 cm³/mol. The number of ether oxygens (including phenoxy) is 3. The quantitative estimate of drug-likeness (QED) is 0.496. The Morgan fingerprint density at radius 2 is 1.86 bits per heavy atom. The van der Waals surface area contributed by atoms with Gasteiger partial charge in [-0.2, -0.15) is 0 Å². The van der Waals surface area contributed by atoms with Crippen molar-refractivity contribution in [3.8, 4) is 5.75 Å². The minimum Gasteiger partial charge on any atom is -0.489 e. The van der Waals surface area contributed by atoms with Crippen LogP contribution in [0.1, 0.15) is 33.3 Å². The summed E-state index contributed by atoms with van der Waals surface area (Å²) in [6.07, 6.45) is -0.492. The minimum absolute atomic E-state index is 0.0333. The summed E-state index contributed by atoms with van der Waals surface area (Å²) < 4.78 is 19.5. The highest BCUT2D eigenvalue weighted by Crippen LogP contribution is 2.29. The molecule has 1 aromatic heterocycles. The molecule has 11 heteroatoms. The third kappa shape index (κ3) is 6.28. The Morgan fingerprint density at radius 1 is 1.14 bits per heavy atom. The van der Waals surface area contributed by atoms with E-state index >= 15 is 0 Å². The van der Waals surface area contributed by atoms with Gasteiger partial charge in [-0.1, -0.05) is 35.3 Å². The second-order valence-electron chi connectivity index (χ2n) is 9.20. The number of nitrogens with zero attached hydrogens (tertiary/aromatic N) is 3. The molecule has 36 heavy (non-hydrogen) atoms. The molecule has 1 aliphatic heterocycles. The van der Waals surface area contributed by atoms with Gasteiger partial charge in [-0.15, -0.1) is 0 Å². The molecule has 2 heterocycles. The molecule has 1 unspecified atom stereocenters. The number of rotatable bonds is 7. The molecule has 0 aliphatic carbocycles. The van der Waals surface area contributed by atoms with Crippen molar-refractivity contribution < 1.29 is 14.2 Å². The number of halogens is 2.